The van der Waals surface area contributed by atoms with E-state index in [1.54, 1.807) is 24.3 Å². The Kier molecular flexibility index (Phi) is 6.13. The van der Waals surface area contributed by atoms with E-state index in [4.69, 9.17) is 11.6 Å². The SMILES string of the molecule is CS(=O)(=O)c1ccc(Cn2cnc3ccc(C#CCc4cccc(Cl)c4)cc3c2=O)cc1. The van der Waals surface area contributed by atoms with Crippen molar-refractivity contribution in [3.63, 3.8) is 0 Å². The molecule has 0 aliphatic carbocycles. The van der Waals surface area contributed by atoms with Crippen LogP contribution in [0.1, 0.15) is 16.7 Å². The summed E-state index contributed by atoms with van der Waals surface area (Å²) >= 11 is 6.01. The number of fused-ring (bicyclic) bond motifs is 1. The Morgan fingerprint density at radius 3 is 2.50 bits per heavy atom. The molecule has 3 aromatic carbocycles. The molecule has 0 bridgehead atoms. The van der Waals surface area contributed by atoms with Crippen LogP contribution < -0.4 is 5.56 Å². The highest BCUT2D eigenvalue weighted by Crippen LogP contribution is 2.14. The first kappa shape index (κ1) is 21.8. The van der Waals surface area contributed by atoms with Gasteiger partial charge in [-0.2, -0.15) is 0 Å². The van der Waals surface area contributed by atoms with Crippen LogP contribution in [0.5, 0.6) is 0 Å². The molecule has 0 atom stereocenters. The Morgan fingerprint density at radius 2 is 1.78 bits per heavy atom. The first-order valence-corrected chi connectivity index (χ1v) is 12.1. The van der Waals surface area contributed by atoms with E-state index in [2.05, 4.69) is 16.8 Å². The molecule has 4 rings (SSSR count). The van der Waals surface area contributed by atoms with Crippen molar-refractivity contribution in [2.75, 3.05) is 6.26 Å². The molecule has 160 valence electrons. The molecule has 4 aromatic rings. The number of hydrogen-bond acceptors (Lipinski definition) is 4. The third-order valence-electron chi connectivity index (χ3n) is 4.94. The van der Waals surface area contributed by atoms with Crippen LogP contribution in [0.4, 0.5) is 0 Å². The van der Waals surface area contributed by atoms with Crippen molar-refractivity contribution in [1.82, 2.24) is 9.55 Å². The Hall–Kier alpha value is -3.40. The van der Waals surface area contributed by atoms with E-state index in [0.29, 0.717) is 22.3 Å². The molecule has 0 N–H and O–H groups in total. The molecule has 0 unspecified atom stereocenters. The minimum Gasteiger partial charge on any atom is -0.294 e. The molecule has 0 amide bonds. The molecule has 5 nitrogen and oxygen atoms in total. The van der Waals surface area contributed by atoms with E-state index in [1.807, 2.05) is 30.3 Å². The van der Waals surface area contributed by atoms with Gasteiger partial charge >= 0.3 is 0 Å². The van der Waals surface area contributed by atoms with E-state index >= 15 is 0 Å². The molecule has 0 saturated carbocycles. The zero-order valence-electron chi connectivity index (χ0n) is 17.2. The number of rotatable bonds is 4. The van der Waals surface area contributed by atoms with Crippen LogP contribution in [0.2, 0.25) is 5.02 Å². The minimum atomic E-state index is -3.26. The number of benzene rings is 3. The normalized spacial score (nSPS) is 11.2. The maximum Gasteiger partial charge on any atom is 0.261 e. The first-order valence-electron chi connectivity index (χ1n) is 9.81. The summed E-state index contributed by atoms with van der Waals surface area (Å²) in [4.78, 5) is 17.6. The van der Waals surface area contributed by atoms with Gasteiger partial charge in [0.1, 0.15) is 0 Å². The highest BCUT2D eigenvalue weighted by atomic mass is 35.5. The van der Waals surface area contributed by atoms with Crippen molar-refractivity contribution < 1.29 is 8.42 Å². The van der Waals surface area contributed by atoms with Crippen molar-refractivity contribution in [1.29, 1.82) is 0 Å². The smallest absolute Gasteiger partial charge is 0.261 e. The van der Waals surface area contributed by atoms with Crippen molar-refractivity contribution in [2.24, 2.45) is 0 Å². The number of hydrogen-bond donors (Lipinski definition) is 0. The zero-order chi connectivity index (χ0) is 22.7. The summed E-state index contributed by atoms with van der Waals surface area (Å²) in [7, 11) is -3.26. The van der Waals surface area contributed by atoms with Crippen molar-refractivity contribution >= 4 is 32.3 Å². The fraction of sp³-hybridized carbons (Fsp3) is 0.120. The average Bonchev–Trinajstić information content (AvgIpc) is 2.76. The summed E-state index contributed by atoms with van der Waals surface area (Å²) in [5, 5.41) is 1.16. The molecule has 0 saturated heterocycles. The molecule has 0 spiro atoms. The van der Waals surface area contributed by atoms with Gasteiger partial charge in [-0.3, -0.25) is 9.36 Å². The lowest BCUT2D eigenvalue weighted by molar-refractivity contribution is 0.602. The monoisotopic (exact) mass is 462 g/mol. The molecule has 32 heavy (non-hydrogen) atoms. The molecule has 0 aliphatic heterocycles. The molecule has 7 heteroatoms. The van der Waals surface area contributed by atoms with Crippen molar-refractivity contribution in [3.05, 3.63) is 105 Å². The maximum absolute atomic E-state index is 13.0. The third kappa shape index (κ3) is 5.08. The van der Waals surface area contributed by atoms with Gasteiger partial charge in [0.25, 0.3) is 5.56 Å². The van der Waals surface area contributed by atoms with Crippen molar-refractivity contribution in [3.8, 4) is 11.8 Å². The standard InChI is InChI=1S/C25H19ClN2O3S/c1-32(30,31)22-11-8-20(9-12-22)16-28-17-27-24-13-10-19(15-23(24)25(28)29)5-2-4-18-6-3-7-21(26)14-18/h3,6-15,17H,4,16H2,1H3. The van der Waals surface area contributed by atoms with Crippen LogP contribution in [-0.4, -0.2) is 24.2 Å². The summed E-state index contributed by atoms with van der Waals surface area (Å²) in [5.41, 5.74) is 2.98. The van der Waals surface area contributed by atoms with Crippen LogP contribution in [-0.2, 0) is 22.8 Å². The fourth-order valence-corrected chi connectivity index (χ4v) is 4.13. The van der Waals surface area contributed by atoms with Crippen LogP contribution in [0.25, 0.3) is 10.9 Å². The molecule has 1 heterocycles. The van der Waals surface area contributed by atoms with E-state index < -0.39 is 9.84 Å². The van der Waals surface area contributed by atoms with E-state index in [9.17, 15) is 13.2 Å². The van der Waals surface area contributed by atoms with Crippen LogP contribution in [0.3, 0.4) is 0 Å². The lowest BCUT2D eigenvalue weighted by atomic mass is 10.1. The van der Waals surface area contributed by atoms with Crippen LogP contribution in [0.15, 0.2) is 82.7 Å². The zero-order valence-corrected chi connectivity index (χ0v) is 18.8. The highest BCUT2D eigenvalue weighted by molar-refractivity contribution is 7.90. The minimum absolute atomic E-state index is 0.180. The van der Waals surface area contributed by atoms with Gasteiger partial charge in [0.05, 0.1) is 28.7 Å². The molecular formula is C25H19ClN2O3S. The Bertz CT molecular complexity index is 1530. The Labute approximate surface area is 191 Å². The molecule has 0 fully saturated rings. The quantitative estimate of drug-likeness (QED) is 0.428. The van der Waals surface area contributed by atoms with E-state index in [-0.39, 0.29) is 17.0 Å². The second-order valence-corrected chi connectivity index (χ2v) is 9.89. The van der Waals surface area contributed by atoms with Crippen LogP contribution >= 0.6 is 11.6 Å². The largest absolute Gasteiger partial charge is 0.294 e. The van der Waals surface area contributed by atoms with Gasteiger partial charge in [0, 0.05) is 23.3 Å². The second kappa shape index (κ2) is 8.99. The highest BCUT2D eigenvalue weighted by Gasteiger charge is 2.08. The summed E-state index contributed by atoms with van der Waals surface area (Å²) in [6.07, 6.45) is 3.22. The predicted octanol–water partition coefficient (Wildman–Crippen LogP) is 4.10. The third-order valence-corrected chi connectivity index (χ3v) is 6.31. The van der Waals surface area contributed by atoms with Gasteiger partial charge in [-0.1, -0.05) is 47.7 Å². The van der Waals surface area contributed by atoms with Gasteiger partial charge in [-0.15, -0.1) is 0 Å². The lowest BCUT2D eigenvalue weighted by Gasteiger charge is -2.08. The van der Waals surface area contributed by atoms with E-state index in [0.717, 1.165) is 22.9 Å². The van der Waals surface area contributed by atoms with Crippen molar-refractivity contribution in [2.45, 2.75) is 17.9 Å². The number of halogens is 1. The fourth-order valence-electron chi connectivity index (χ4n) is 3.28. The average molecular weight is 463 g/mol. The van der Waals surface area contributed by atoms with Gasteiger partial charge in [0.15, 0.2) is 9.84 Å². The first-order chi connectivity index (χ1) is 15.3. The summed E-state index contributed by atoms with van der Waals surface area (Å²) in [6.45, 7) is 0.288. The summed E-state index contributed by atoms with van der Waals surface area (Å²) in [5.74, 6) is 6.21. The Morgan fingerprint density at radius 1 is 1.00 bits per heavy atom. The molecule has 0 radical (unpaired) electrons. The van der Waals surface area contributed by atoms with Gasteiger partial charge in [0.2, 0.25) is 0 Å². The lowest BCUT2D eigenvalue weighted by Crippen LogP contribution is -2.21. The van der Waals surface area contributed by atoms with Gasteiger partial charge < -0.3 is 0 Å². The number of nitrogens with zero attached hydrogens (tertiary/aromatic N) is 2. The van der Waals surface area contributed by atoms with E-state index in [1.165, 1.54) is 23.0 Å². The van der Waals surface area contributed by atoms with Gasteiger partial charge in [-0.25, -0.2) is 13.4 Å². The Balaban J connectivity index is 1.59. The number of sulfone groups is 1. The molecule has 0 aliphatic rings. The topological polar surface area (TPSA) is 69.0 Å². The second-order valence-electron chi connectivity index (χ2n) is 7.43. The predicted molar refractivity (Wildman–Crippen MR) is 127 cm³/mol. The summed E-state index contributed by atoms with van der Waals surface area (Å²) in [6, 6.07) is 19.4. The van der Waals surface area contributed by atoms with Gasteiger partial charge in [-0.05, 0) is 53.6 Å². The van der Waals surface area contributed by atoms with Crippen LogP contribution in [0, 0.1) is 11.8 Å². The molecular weight excluding hydrogens is 444 g/mol. The number of aromatic nitrogens is 2. The molecule has 1 aromatic heterocycles. The maximum atomic E-state index is 13.0. The summed E-state index contributed by atoms with van der Waals surface area (Å²) < 4.78 is 24.7.